The molecule has 2 aliphatic rings. The summed E-state index contributed by atoms with van der Waals surface area (Å²) < 4.78 is 7.34. The van der Waals surface area contributed by atoms with Gasteiger partial charge in [0.25, 0.3) is 5.91 Å². The van der Waals surface area contributed by atoms with E-state index >= 15 is 0 Å². The molecule has 1 atom stereocenters. The number of imidazole rings is 1. The molecule has 1 amide bonds. The number of aryl methyl sites for hydroxylation is 2. The van der Waals surface area contributed by atoms with E-state index in [2.05, 4.69) is 10.3 Å². The van der Waals surface area contributed by atoms with E-state index in [1.54, 1.807) is 18.5 Å². The molecule has 0 bridgehead atoms. The van der Waals surface area contributed by atoms with Gasteiger partial charge in [-0.15, -0.1) is 0 Å². The summed E-state index contributed by atoms with van der Waals surface area (Å²) in [4.78, 5) is 19.6. The van der Waals surface area contributed by atoms with Gasteiger partial charge in [0.15, 0.2) is 0 Å². The fourth-order valence-corrected chi connectivity index (χ4v) is 4.02. The van der Waals surface area contributed by atoms with E-state index in [4.69, 9.17) is 4.42 Å². The van der Waals surface area contributed by atoms with Crippen LogP contribution in [-0.2, 0) is 13.6 Å². The second-order valence-corrected chi connectivity index (χ2v) is 7.11. The van der Waals surface area contributed by atoms with Crippen molar-refractivity contribution in [1.82, 2.24) is 19.8 Å². The molecule has 3 heterocycles. The highest BCUT2D eigenvalue weighted by Crippen LogP contribution is 2.56. The number of hydrogen-bond acceptors (Lipinski definition) is 4. The lowest BCUT2D eigenvalue weighted by Crippen LogP contribution is -2.39. The standard InChI is InChI=1S/C18H24N4O2/c1-13-14(3-10-24-13)17(23)22(12-16-20-8-9-21(16)2)15-11-18(15)4-6-19-7-5-18/h3,8-10,15,19H,4-7,11-12H2,1-2H3. The molecule has 1 saturated heterocycles. The van der Waals surface area contributed by atoms with Crippen LogP contribution in [0.25, 0.3) is 0 Å². The number of rotatable bonds is 4. The van der Waals surface area contributed by atoms with Crippen LogP contribution in [0.2, 0.25) is 0 Å². The summed E-state index contributed by atoms with van der Waals surface area (Å²) in [7, 11) is 1.97. The Morgan fingerprint density at radius 2 is 2.29 bits per heavy atom. The maximum atomic E-state index is 13.2. The third-order valence-corrected chi connectivity index (χ3v) is 5.71. The molecule has 0 radical (unpaired) electrons. The number of aromatic nitrogens is 2. The van der Waals surface area contributed by atoms with Crippen LogP contribution in [0, 0.1) is 12.3 Å². The van der Waals surface area contributed by atoms with Gasteiger partial charge >= 0.3 is 0 Å². The quantitative estimate of drug-likeness (QED) is 0.934. The summed E-state index contributed by atoms with van der Waals surface area (Å²) in [5.41, 5.74) is 0.962. The molecule has 1 aliphatic carbocycles. The number of amides is 1. The third-order valence-electron chi connectivity index (χ3n) is 5.71. The molecule has 24 heavy (non-hydrogen) atoms. The topological polar surface area (TPSA) is 63.3 Å². The number of carbonyl (C=O) groups excluding carboxylic acids is 1. The Kier molecular flexibility index (Phi) is 3.72. The smallest absolute Gasteiger partial charge is 0.258 e. The van der Waals surface area contributed by atoms with Crippen LogP contribution in [0.15, 0.2) is 29.1 Å². The van der Waals surface area contributed by atoms with Crippen molar-refractivity contribution >= 4 is 5.91 Å². The van der Waals surface area contributed by atoms with E-state index in [0.717, 1.165) is 38.2 Å². The second-order valence-electron chi connectivity index (χ2n) is 7.11. The molecule has 2 aromatic rings. The summed E-state index contributed by atoms with van der Waals surface area (Å²) in [5, 5.41) is 3.43. The van der Waals surface area contributed by atoms with Crippen LogP contribution in [0.5, 0.6) is 0 Å². The van der Waals surface area contributed by atoms with Crippen molar-refractivity contribution in [3.8, 4) is 0 Å². The van der Waals surface area contributed by atoms with Crippen molar-refractivity contribution in [1.29, 1.82) is 0 Å². The lowest BCUT2D eigenvalue weighted by Gasteiger charge is -2.29. The molecule has 6 heteroatoms. The average Bonchev–Trinajstić information content (AvgIpc) is 2.91. The second kappa shape index (κ2) is 5.77. The van der Waals surface area contributed by atoms with Gasteiger partial charge in [0, 0.05) is 25.5 Å². The van der Waals surface area contributed by atoms with Gasteiger partial charge in [-0.3, -0.25) is 4.79 Å². The first kappa shape index (κ1) is 15.4. The maximum absolute atomic E-state index is 13.2. The summed E-state index contributed by atoms with van der Waals surface area (Å²) in [6, 6.07) is 2.08. The van der Waals surface area contributed by atoms with Crippen LogP contribution in [-0.4, -0.2) is 39.5 Å². The van der Waals surface area contributed by atoms with Crippen molar-refractivity contribution < 1.29 is 9.21 Å². The average molecular weight is 328 g/mol. The Bertz CT molecular complexity index is 742. The van der Waals surface area contributed by atoms with E-state index < -0.39 is 0 Å². The molecule has 128 valence electrons. The molecule has 2 aromatic heterocycles. The van der Waals surface area contributed by atoms with E-state index in [0.29, 0.717) is 29.3 Å². The highest BCUT2D eigenvalue weighted by atomic mass is 16.3. The van der Waals surface area contributed by atoms with Crippen molar-refractivity contribution in [2.75, 3.05) is 13.1 Å². The molecule has 1 saturated carbocycles. The molecular weight excluding hydrogens is 304 g/mol. The lowest BCUT2D eigenvalue weighted by atomic mass is 9.93. The zero-order valence-corrected chi connectivity index (χ0v) is 14.3. The van der Waals surface area contributed by atoms with E-state index in [-0.39, 0.29) is 5.91 Å². The first-order chi connectivity index (χ1) is 11.6. The van der Waals surface area contributed by atoms with Crippen LogP contribution in [0.1, 0.15) is 41.2 Å². The lowest BCUT2D eigenvalue weighted by molar-refractivity contribution is 0.0683. The monoisotopic (exact) mass is 328 g/mol. The Morgan fingerprint density at radius 1 is 1.50 bits per heavy atom. The minimum Gasteiger partial charge on any atom is -0.469 e. The zero-order chi connectivity index (χ0) is 16.7. The largest absolute Gasteiger partial charge is 0.469 e. The molecule has 6 nitrogen and oxygen atoms in total. The van der Waals surface area contributed by atoms with Gasteiger partial charge in [0.05, 0.1) is 18.4 Å². The zero-order valence-electron chi connectivity index (χ0n) is 14.3. The number of nitrogens with zero attached hydrogens (tertiary/aromatic N) is 3. The first-order valence-corrected chi connectivity index (χ1v) is 8.63. The Labute approximate surface area is 141 Å². The minimum atomic E-state index is 0.0599. The molecule has 2 fully saturated rings. The Hall–Kier alpha value is -2.08. The highest BCUT2D eigenvalue weighted by molar-refractivity contribution is 5.95. The summed E-state index contributed by atoms with van der Waals surface area (Å²) >= 11 is 0. The minimum absolute atomic E-state index is 0.0599. The van der Waals surface area contributed by atoms with Crippen LogP contribution in [0.3, 0.4) is 0 Å². The number of piperidine rings is 1. The summed E-state index contributed by atoms with van der Waals surface area (Å²) in [6.07, 6.45) is 8.69. The van der Waals surface area contributed by atoms with E-state index in [1.807, 2.05) is 29.6 Å². The molecule has 1 spiro atoms. The number of nitrogens with one attached hydrogen (secondary N) is 1. The van der Waals surface area contributed by atoms with Gasteiger partial charge < -0.3 is 19.2 Å². The fourth-order valence-electron chi connectivity index (χ4n) is 4.02. The predicted molar refractivity (Wildman–Crippen MR) is 89.5 cm³/mol. The van der Waals surface area contributed by atoms with Crippen molar-refractivity contribution in [2.24, 2.45) is 12.5 Å². The van der Waals surface area contributed by atoms with Gasteiger partial charge in [-0.05, 0) is 50.8 Å². The van der Waals surface area contributed by atoms with Gasteiger partial charge in [-0.25, -0.2) is 4.98 Å². The van der Waals surface area contributed by atoms with Crippen molar-refractivity contribution in [2.45, 2.75) is 38.8 Å². The van der Waals surface area contributed by atoms with E-state index in [1.165, 1.54) is 0 Å². The first-order valence-electron chi connectivity index (χ1n) is 8.63. The number of carbonyl (C=O) groups is 1. The molecule has 0 aromatic carbocycles. The van der Waals surface area contributed by atoms with Gasteiger partial charge in [-0.2, -0.15) is 0 Å². The normalized spacial score (nSPS) is 21.8. The maximum Gasteiger partial charge on any atom is 0.258 e. The molecule has 1 N–H and O–H groups in total. The molecule has 4 rings (SSSR count). The van der Waals surface area contributed by atoms with Crippen molar-refractivity contribution in [3.05, 3.63) is 41.9 Å². The summed E-state index contributed by atoms with van der Waals surface area (Å²) in [6.45, 7) is 4.49. The van der Waals surface area contributed by atoms with Gasteiger partial charge in [0.1, 0.15) is 11.6 Å². The van der Waals surface area contributed by atoms with Crippen LogP contribution < -0.4 is 5.32 Å². The van der Waals surface area contributed by atoms with Crippen LogP contribution in [0.4, 0.5) is 0 Å². The van der Waals surface area contributed by atoms with Crippen molar-refractivity contribution in [3.63, 3.8) is 0 Å². The third kappa shape index (κ3) is 2.55. The molecule has 1 aliphatic heterocycles. The highest BCUT2D eigenvalue weighted by Gasteiger charge is 2.58. The summed E-state index contributed by atoms with van der Waals surface area (Å²) in [5.74, 6) is 1.66. The molecule has 1 unspecified atom stereocenters. The van der Waals surface area contributed by atoms with Gasteiger partial charge in [-0.1, -0.05) is 0 Å². The Morgan fingerprint density at radius 3 is 2.92 bits per heavy atom. The fraction of sp³-hybridized carbons (Fsp3) is 0.556. The van der Waals surface area contributed by atoms with E-state index in [9.17, 15) is 4.79 Å². The number of furan rings is 1. The van der Waals surface area contributed by atoms with Crippen LogP contribution >= 0.6 is 0 Å². The number of hydrogen-bond donors (Lipinski definition) is 1. The predicted octanol–water partition coefficient (Wildman–Crippen LogP) is 2.11. The SMILES string of the molecule is Cc1occc1C(=O)N(Cc1nccn1C)C1CC12CCNCC2. The molecular formula is C18H24N4O2. The Balaban J connectivity index is 1.62. The van der Waals surface area contributed by atoms with Gasteiger partial charge in [0.2, 0.25) is 0 Å².